The largest absolute Gasteiger partial charge is 0.458 e. The van der Waals surface area contributed by atoms with Gasteiger partial charge in [0.25, 0.3) is 5.91 Å². The highest BCUT2D eigenvalue weighted by Crippen LogP contribution is 2.27. The second-order valence-electron chi connectivity index (χ2n) is 5.55. The number of fused-ring (bicyclic) bond motifs is 1. The van der Waals surface area contributed by atoms with Crippen molar-refractivity contribution in [3.63, 3.8) is 0 Å². The molecule has 26 heavy (non-hydrogen) atoms. The maximum atomic E-state index is 12.5. The van der Waals surface area contributed by atoms with Gasteiger partial charge in [-0.15, -0.1) is 0 Å². The number of nitrogens with zero attached hydrogens (tertiary/aromatic N) is 1. The zero-order valence-electron chi connectivity index (χ0n) is 13.7. The fraction of sp³-hybridized carbons (Fsp3) is 0.222. The maximum Gasteiger partial charge on any atom is 0.433 e. The fourth-order valence-electron chi connectivity index (χ4n) is 2.44. The van der Waals surface area contributed by atoms with Crippen LogP contribution in [0.4, 0.5) is 13.2 Å². The molecule has 136 valence electrons. The van der Waals surface area contributed by atoms with Gasteiger partial charge in [-0.05, 0) is 24.3 Å². The van der Waals surface area contributed by atoms with Gasteiger partial charge in [-0.3, -0.25) is 9.78 Å². The summed E-state index contributed by atoms with van der Waals surface area (Å²) in [6.45, 7) is 0.0934. The Morgan fingerprint density at radius 3 is 2.65 bits per heavy atom. The van der Waals surface area contributed by atoms with Crippen LogP contribution in [0.25, 0.3) is 11.0 Å². The third-order valence-electron chi connectivity index (χ3n) is 3.81. The van der Waals surface area contributed by atoms with E-state index in [1.54, 1.807) is 0 Å². The number of alkyl halides is 3. The van der Waals surface area contributed by atoms with E-state index in [0.717, 1.165) is 23.7 Å². The number of ether oxygens (including phenoxy) is 1. The van der Waals surface area contributed by atoms with Crippen LogP contribution in [0.15, 0.2) is 53.1 Å². The molecule has 1 atom stereocenters. The average molecular weight is 364 g/mol. The predicted octanol–water partition coefficient (Wildman–Crippen LogP) is 3.96. The molecule has 0 spiro atoms. The highest BCUT2D eigenvalue weighted by atomic mass is 19.4. The van der Waals surface area contributed by atoms with Crippen LogP contribution in [0, 0.1) is 0 Å². The van der Waals surface area contributed by atoms with Crippen LogP contribution < -0.4 is 5.32 Å². The van der Waals surface area contributed by atoms with Gasteiger partial charge in [0, 0.05) is 18.7 Å². The number of hydrogen-bond donors (Lipinski definition) is 1. The summed E-state index contributed by atoms with van der Waals surface area (Å²) in [4.78, 5) is 15.4. The second kappa shape index (κ2) is 7.17. The molecule has 2 aromatic heterocycles. The van der Waals surface area contributed by atoms with E-state index in [4.69, 9.17) is 9.15 Å². The molecule has 2 heterocycles. The minimum atomic E-state index is -4.54. The fourth-order valence-corrected chi connectivity index (χ4v) is 2.44. The van der Waals surface area contributed by atoms with Crippen LogP contribution in [-0.4, -0.2) is 24.5 Å². The number of benzene rings is 1. The summed E-state index contributed by atoms with van der Waals surface area (Å²) in [6.07, 6.45) is -4.19. The smallest absolute Gasteiger partial charge is 0.433 e. The molecule has 3 rings (SSSR count). The Hall–Kier alpha value is -2.87. The Morgan fingerprint density at radius 2 is 2.04 bits per heavy atom. The average Bonchev–Trinajstić information content (AvgIpc) is 3.05. The van der Waals surface area contributed by atoms with Gasteiger partial charge < -0.3 is 14.5 Å². The van der Waals surface area contributed by atoms with Crippen molar-refractivity contribution >= 4 is 16.9 Å². The van der Waals surface area contributed by atoms with Crippen molar-refractivity contribution in [1.82, 2.24) is 10.3 Å². The summed E-state index contributed by atoms with van der Waals surface area (Å²) < 4.78 is 48.6. The Kier molecular flexibility index (Phi) is 4.94. The van der Waals surface area contributed by atoms with E-state index in [2.05, 4.69) is 10.3 Å². The molecule has 5 nitrogen and oxygen atoms in total. The Bertz CT molecular complexity index is 871. The van der Waals surface area contributed by atoms with E-state index < -0.39 is 23.9 Å². The number of carbonyl (C=O) groups is 1. The lowest BCUT2D eigenvalue weighted by Crippen LogP contribution is -2.29. The molecule has 0 aliphatic carbocycles. The number of rotatable bonds is 5. The van der Waals surface area contributed by atoms with E-state index >= 15 is 0 Å². The predicted molar refractivity (Wildman–Crippen MR) is 87.5 cm³/mol. The third kappa shape index (κ3) is 3.85. The Labute approximate surface area is 146 Å². The van der Waals surface area contributed by atoms with Gasteiger partial charge in [-0.1, -0.05) is 18.2 Å². The molecule has 8 heteroatoms. The summed E-state index contributed by atoms with van der Waals surface area (Å²) in [6, 6.07) is 11.1. The first-order valence-electron chi connectivity index (χ1n) is 7.71. The quantitative estimate of drug-likeness (QED) is 0.744. The van der Waals surface area contributed by atoms with E-state index in [0.29, 0.717) is 11.3 Å². The first kappa shape index (κ1) is 17.9. The molecule has 0 radical (unpaired) electrons. The summed E-state index contributed by atoms with van der Waals surface area (Å²) in [5.41, 5.74) is -0.327. The lowest BCUT2D eigenvalue weighted by molar-refractivity contribution is -0.141. The molecule has 0 bridgehead atoms. The van der Waals surface area contributed by atoms with E-state index in [9.17, 15) is 18.0 Å². The summed E-state index contributed by atoms with van der Waals surface area (Å²) >= 11 is 0. The maximum absolute atomic E-state index is 12.5. The number of carbonyl (C=O) groups excluding carboxylic acids is 1. The van der Waals surface area contributed by atoms with Crippen molar-refractivity contribution in [2.75, 3.05) is 13.7 Å². The number of methoxy groups -OCH3 is 1. The highest BCUT2D eigenvalue weighted by molar-refractivity contribution is 5.93. The molecule has 0 saturated heterocycles. The van der Waals surface area contributed by atoms with E-state index in [1.165, 1.54) is 7.11 Å². The standard InChI is InChI=1S/C18H15F3N2O3/c1-25-15(14-8-11-4-2-3-5-13(11)26-14)10-23-17(24)12-6-7-16(22-9-12)18(19,20)21/h2-9,15H,10H2,1H3,(H,23,24). The van der Waals surface area contributed by atoms with Crippen LogP contribution in [0.2, 0.25) is 0 Å². The molecular weight excluding hydrogens is 349 g/mol. The summed E-state index contributed by atoms with van der Waals surface area (Å²) in [7, 11) is 1.48. The molecular formula is C18H15F3N2O3. The number of aromatic nitrogens is 1. The van der Waals surface area contributed by atoms with Crippen molar-refractivity contribution in [2.45, 2.75) is 12.3 Å². The lowest BCUT2D eigenvalue weighted by atomic mass is 10.2. The molecule has 1 amide bonds. The molecule has 3 aromatic rings. The number of para-hydroxylation sites is 1. The number of furan rings is 1. The number of pyridine rings is 1. The van der Waals surface area contributed by atoms with Gasteiger partial charge >= 0.3 is 6.18 Å². The van der Waals surface area contributed by atoms with Gasteiger partial charge in [0.05, 0.1) is 12.1 Å². The Morgan fingerprint density at radius 1 is 1.27 bits per heavy atom. The Balaban J connectivity index is 1.67. The van der Waals surface area contributed by atoms with Gasteiger partial charge in [-0.25, -0.2) is 0 Å². The number of hydrogen-bond acceptors (Lipinski definition) is 4. The first-order chi connectivity index (χ1) is 12.4. The van der Waals surface area contributed by atoms with Crippen molar-refractivity contribution in [1.29, 1.82) is 0 Å². The van der Waals surface area contributed by atoms with Gasteiger partial charge in [0.15, 0.2) is 0 Å². The van der Waals surface area contributed by atoms with Crippen LogP contribution in [0.5, 0.6) is 0 Å². The van der Waals surface area contributed by atoms with E-state index in [1.807, 2.05) is 30.3 Å². The normalized spacial score (nSPS) is 12.9. The molecule has 0 aliphatic heterocycles. The number of nitrogens with one attached hydrogen (secondary N) is 1. The monoisotopic (exact) mass is 364 g/mol. The molecule has 1 unspecified atom stereocenters. The molecule has 0 saturated carbocycles. The minimum Gasteiger partial charge on any atom is -0.458 e. The molecule has 0 fully saturated rings. The minimum absolute atomic E-state index is 0.0254. The third-order valence-corrected chi connectivity index (χ3v) is 3.81. The highest BCUT2D eigenvalue weighted by Gasteiger charge is 2.32. The molecule has 1 aromatic carbocycles. The van der Waals surface area contributed by atoms with Gasteiger partial charge in [0.2, 0.25) is 0 Å². The summed E-state index contributed by atoms with van der Waals surface area (Å²) in [5.74, 6) is -0.0103. The van der Waals surface area contributed by atoms with Crippen LogP contribution >= 0.6 is 0 Å². The van der Waals surface area contributed by atoms with Crippen LogP contribution in [-0.2, 0) is 10.9 Å². The van der Waals surface area contributed by atoms with Crippen molar-refractivity contribution in [3.8, 4) is 0 Å². The van der Waals surface area contributed by atoms with Crippen molar-refractivity contribution in [2.24, 2.45) is 0 Å². The lowest BCUT2D eigenvalue weighted by Gasteiger charge is -2.14. The first-order valence-corrected chi connectivity index (χ1v) is 7.71. The van der Waals surface area contributed by atoms with E-state index in [-0.39, 0.29) is 12.1 Å². The SMILES string of the molecule is COC(CNC(=O)c1ccc(C(F)(F)F)nc1)c1cc2ccccc2o1. The van der Waals surface area contributed by atoms with Crippen LogP contribution in [0.3, 0.4) is 0 Å². The van der Waals surface area contributed by atoms with Crippen molar-refractivity contribution in [3.05, 3.63) is 65.7 Å². The van der Waals surface area contributed by atoms with Gasteiger partial charge in [-0.2, -0.15) is 13.2 Å². The summed E-state index contributed by atoms with van der Waals surface area (Å²) in [5, 5.41) is 3.51. The molecule has 1 N–H and O–H groups in total. The zero-order chi connectivity index (χ0) is 18.7. The van der Waals surface area contributed by atoms with Crippen LogP contribution in [0.1, 0.15) is 27.9 Å². The van der Waals surface area contributed by atoms with Crippen molar-refractivity contribution < 1.29 is 27.1 Å². The number of halogens is 3. The second-order valence-corrected chi connectivity index (χ2v) is 5.55. The van der Waals surface area contributed by atoms with Gasteiger partial charge in [0.1, 0.15) is 23.1 Å². The zero-order valence-corrected chi connectivity index (χ0v) is 13.7. The topological polar surface area (TPSA) is 64.4 Å². The molecule has 0 aliphatic rings. The number of amides is 1.